The number of nitrogens with zero attached hydrogens (tertiary/aromatic N) is 2. The molecule has 0 aliphatic carbocycles. The number of hydrogen-bond acceptors (Lipinski definition) is 2. The van der Waals surface area contributed by atoms with Crippen LogP contribution in [0.25, 0.3) is 0 Å². The van der Waals surface area contributed by atoms with Crippen molar-refractivity contribution in [1.29, 1.82) is 0 Å². The molecule has 0 aliphatic heterocycles. The summed E-state index contributed by atoms with van der Waals surface area (Å²) < 4.78 is 1.79. The number of aromatic nitrogens is 2. The summed E-state index contributed by atoms with van der Waals surface area (Å²) in [4.78, 5) is 0. The van der Waals surface area contributed by atoms with Gasteiger partial charge in [0.15, 0.2) is 5.11 Å². The number of anilines is 1. The van der Waals surface area contributed by atoms with Crippen LogP contribution in [-0.2, 0) is 13.5 Å². The van der Waals surface area contributed by atoms with Crippen LogP contribution < -0.4 is 10.6 Å². The van der Waals surface area contributed by atoms with E-state index in [9.17, 15) is 0 Å². The Morgan fingerprint density at radius 3 is 2.86 bits per heavy atom. The normalized spacial score (nSPS) is 9.93. The van der Waals surface area contributed by atoms with Gasteiger partial charge in [0.25, 0.3) is 0 Å². The largest absolute Gasteiger partial charge is 0.363 e. The minimum absolute atomic E-state index is 0.648. The summed E-state index contributed by atoms with van der Waals surface area (Å²) in [6.07, 6.45) is 2.83. The highest BCUT2D eigenvalue weighted by Crippen LogP contribution is 2.13. The summed E-state index contributed by atoms with van der Waals surface area (Å²) in [5.41, 5.74) is 2.02. The Kier molecular flexibility index (Phi) is 3.88. The minimum atomic E-state index is 0.648. The molecular weight excluding hydrogens is 196 g/mol. The van der Waals surface area contributed by atoms with Gasteiger partial charge in [-0.25, -0.2) is 0 Å². The molecule has 0 saturated carbocycles. The predicted molar refractivity (Wildman–Crippen MR) is 62.5 cm³/mol. The van der Waals surface area contributed by atoms with Crippen molar-refractivity contribution in [3.8, 4) is 0 Å². The third-order valence-electron chi connectivity index (χ3n) is 1.83. The molecule has 1 heterocycles. The van der Waals surface area contributed by atoms with Crippen molar-refractivity contribution in [2.45, 2.75) is 20.3 Å². The molecule has 0 fully saturated rings. The number of thiocarbonyl (C=S) groups is 1. The van der Waals surface area contributed by atoms with Crippen LogP contribution in [-0.4, -0.2) is 21.4 Å². The fraction of sp³-hybridized carbons (Fsp3) is 0.556. The smallest absolute Gasteiger partial charge is 0.170 e. The van der Waals surface area contributed by atoms with E-state index >= 15 is 0 Å². The Bertz CT molecular complexity index is 319. The molecule has 0 bridgehead atoms. The molecule has 0 aromatic carbocycles. The van der Waals surface area contributed by atoms with Crippen molar-refractivity contribution in [2.75, 3.05) is 11.9 Å². The summed E-state index contributed by atoms with van der Waals surface area (Å²) >= 11 is 5.09. The standard InChI is InChI=1S/C9H16N4S/c1-4-7-8(6-13(3)12-7)11-9(14)10-5-2/h6H,4-5H2,1-3H3,(H2,10,11,14). The summed E-state index contributed by atoms with van der Waals surface area (Å²) in [7, 11) is 1.90. The molecule has 0 spiro atoms. The van der Waals surface area contributed by atoms with Crippen LogP contribution in [0.15, 0.2) is 6.20 Å². The Balaban J connectivity index is 2.70. The van der Waals surface area contributed by atoms with E-state index in [0.717, 1.165) is 24.3 Å². The topological polar surface area (TPSA) is 41.9 Å². The van der Waals surface area contributed by atoms with Crippen molar-refractivity contribution in [1.82, 2.24) is 15.1 Å². The van der Waals surface area contributed by atoms with Crippen LogP contribution >= 0.6 is 12.2 Å². The molecule has 2 N–H and O–H groups in total. The van der Waals surface area contributed by atoms with Gasteiger partial charge in [0.1, 0.15) is 0 Å². The van der Waals surface area contributed by atoms with Gasteiger partial charge in [-0.15, -0.1) is 0 Å². The first-order valence-electron chi connectivity index (χ1n) is 4.74. The Hall–Kier alpha value is -1.10. The van der Waals surface area contributed by atoms with Gasteiger partial charge in [-0.3, -0.25) is 4.68 Å². The predicted octanol–water partition coefficient (Wildman–Crippen LogP) is 1.29. The zero-order valence-electron chi connectivity index (χ0n) is 8.79. The lowest BCUT2D eigenvalue weighted by Crippen LogP contribution is -2.28. The third kappa shape index (κ3) is 2.70. The molecule has 0 amide bonds. The summed E-state index contributed by atoms with van der Waals surface area (Å²) in [5.74, 6) is 0. The van der Waals surface area contributed by atoms with Crippen molar-refractivity contribution < 1.29 is 0 Å². The quantitative estimate of drug-likeness (QED) is 0.741. The van der Waals surface area contributed by atoms with Crippen molar-refractivity contribution in [2.24, 2.45) is 7.05 Å². The van der Waals surface area contributed by atoms with E-state index < -0.39 is 0 Å². The van der Waals surface area contributed by atoms with E-state index in [0.29, 0.717) is 5.11 Å². The molecule has 0 radical (unpaired) electrons. The number of hydrogen-bond donors (Lipinski definition) is 2. The van der Waals surface area contributed by atoms with Crippen LogP contribution in [0.2, 0.25) is 0 Å². The lowest BCUT2D eigenvalue weighted by Gasteiger charge is -2.07. The van der Waals surface area contributed by atoms with E-state index in [2.05, 4.69) is 22.7 Å². The second-order valence-corrected chi connectivity index (χ2v) is 3.41. The molecule has 0 saturated heterocycles. The fourth-order valence-electron chi connectivity index (χ4n) is 1.23. The molecular formula is C9H16N4S. The van der Waals surface area contributed by atoms with Gasteiger partial charge in [-0.2, -0.15) is 5.10 Å². The maximum absolute atomic E-state index is 5.09. The van der Waals surface area contributed by atoms with Crippen molar-refractivity contribution >= 4 is 23.0 Å². The minimum Gasteiger partial charge on any atom is -0.363 e. The highest BCUT2D eigenvalue weighted by molar-refractivity contribution is 7.80. The van der Waals surface area contributed by atoms with E-state index in [4.69, 9.17) is 12.2 Å². The lowest BCUT2D eigenvalue weighted by atomic mass is 10.3. The van der Waals surface area contributed by atoms with Crippen molar-refractivity contribution in [3.05, 3.63) is 11.9 Å². The van der Waals surface area contributed by atoms with Crippen LogP contribution in [0.5, 0.6) is 0 Å². The molecule has 1 aromatic rings. The maximum Gasteiger partial charge on any atom is 0.170 e. The molecule has 0 unspecified atom stereocenters. The molecule has 0 aliphatic rings. The number of rotatable bonds is 3. The summed E-state index contributed by atoms with van der Waals surface area (Å²) in [6, 6.07) is 0. The first-order valence-corrected chi connectivity index (χ1v) is 5.15. The maximum atomic E-state index is 5.09. The molecule has 1 rings (SSSR count). The molecule has 1 aromatic heterocycles. The SMILES string of the molecule is CCNC(=S)Nc1cn(C)nc1CC. The molecule has 0 atom stereocenters. The average Bonchev–Trinajstić information content (AvgIpc) is 2.46. The van der Waals surface area contributed by atoms with E-state index in [1.54, 1.807) is 4.68 Å². The van der Waals surface area contributed by atoms with Crippen LogP contribution in [0.4, 0.5) is 5.69 Å². The van der Waals surface area contributed by atoms with E-state index in [1.165, 1.54) is 0 Å². The van der Waals surface area contributed by atoms with Gasteiger partial charge in [-0.1, -0.05) is 6.92 Å². The molecule has 5 heteroatoms. The second-order valence-electron chi connectivity index (χ2n) is 3.00. The first-order chi connectivity index (χ1) is 6.67. The summed E-state index contributed by atoms with van der Waals surface area (Å²) in [6.45, 7) is 4.91. The monoisotopic (exact) mass is 212 g/mol. The fourth-order valence-corrected chi connectivity index (χ4v) is 1.48. The van der Waals surface area contributed by atoms with Gasteiger partial charge in [0, 0.05) is 19.8 Å². The van der Waals surface area contributed by atoms with Crippen LogP contribution in [0, 0.1) is 0 Å². The van der Waals surface area contributed by atoms with Gasteiger partial charge in [0.05, 0.1) is 11.4 Å². The average molecular weight is 212 g/mol. The molecule has 78 valence electrons. The third-order valence-corrected chi connectivity index (χ3v) is 2.07. The zero-order valence-corrected chi connectivity index (χ0v) is 9.61. The van der Waals surface area contributed by atoms with E-state index in [-0.39, 0.29) is 0 Å². The molecule has 4 nitrogen and oxygen atoms in total. The van der Waals surface area contributed by atoms with Gasteiger partial charge < -0.3 is 10.6 Å². The summed E-state index contributed by atoms with van der Waals surface area (Å²) in [5, 5.41) is 11.1. The van der Waals surface area contributed by atoms with Crippen molar-refractivity contribution in [3.63, 3.8) is 0 Å². The Morgan fingerprint density at radius 1 is 1.57 bits per heavy atom. The highest BCUT2D eigenvalue weighted by atomic mass is 32.1. The van der Waals surface area contributed by atoms with Gasteiger partial charge in [-0.05, 0) is 25.6 Å². The first kappa shape index (κ1) is 11.0. The van der Waals surface area contributed by atoms with Gasteiger partial charge in [0.2, 0.25) is 0 Å². The Morgan fingerprint density at radius 2 is 2.29 bits per heavy atom. The zero-order chi connectivity index (χ0) is 10.6. The number of nitrogens with one attached hydrogen (secondary N) is 2. The van der Waals surface area contributed by atoms with Crippen LogP contribution in [0.3, 0.4) is 0 Å². The highest BCUT2D eigenvalue weighted by Gasteiger charge is 2.06. The lowest BCUT2D eigenvalue weighted by molar-refractivity contribution is 0.746. The second kappa shape index (κ2) is 4.95. The number of aryl methyl sites for hydroxylation is 2. The van der Waals surface area contributed by atoms with Crippen LogP contribution in [0.1, 0.15) is 19.5 Å². The molecule has 14 heavy (non-hydrogen) atoms. The Labute approximate surface area is 89.7 Å². The van der Waals surface area contributed by atoms with Gasteiger partial charge >= 0.3 is 0 Å². The van der Waals surface area contributed by atoms with E-state index in [1.807, 2.05) is 20.2 Å².